The molecule has 0 spiro atoms. The molecule has 16 heavy (non-hydrogen) atoms. The molecule has 0 saturated carbocycles. The van der Waals surface area contributed by atoms with Gasteiger partial charge in [0, 0.05) is 18.3 Å². The van der Waals surface area contributed by atoms with E-state index in [4.69, 9.17) is 5.11 Å². The van der Waals surface area contributed by atoms with E-state index >= 15 is 0 Å². The molecule has 0 atom stereocenters. The first-order chi connectivity index (χ1) is 7.59. The van der Waals surface area contributed by atoms with Crippen LogP contribution >= 0.6 is 33.9 Å². The van der Waals surface area contributed by atoms with E-state index in [1.165, 1.54) is 11.3 Å². The second-order valence-electron chi connectivity index (χ2n) is 3.25. The van der Waals surface area contributed by atoms with Crippen molar-refractivity contribution in [3.63, 3.8) is 0 Å². The number of nitrogens with one attached hydrogen (secondary N) is 1. The third-order valence-electron chi connectivity index (χ3n) is 1.93. The molecule has 1 amide bonds. The average molecular weight is 353 g/mol. The van der Waals surface area contributed by atoms with Gasteiger partial charge in [-0.15, -0.1) is 11.3 Å². The largest absolute Gasteiger partial charge is 0.481 e. The number of thiophene rings is 1. The molecular weight excluding hydrogens is 341 g/mol. The molecule has 1 rings (SSSR count). The number of carboxylic acid groups (broad SMARTS) is 1. The third-order valence-corrected chi connectivity index (χ3v) is 3.72. The van der Waals surface area contributed by atoms with Gasteiger partial charge in [-0.25, -0.2) is 0 Å². The molecule has 6 heteroatoms. The zero-order chi connectivity index (χ0) is 12.0. The Morgan fingerprint density at radius 1 is 1.44 bits per heavy atom. The Balaban J connectivity index is 2.18. The van der Waals surface area contributed by atoms with Crippen LogP contribution in [0.1, 0.15) is 29.6 Å². The number of amides is 1. The Kier molecular flexibility index (Phi) is 5.75. The maximum atomic E-state index is 11.5. The van der Waals surface area contributed by atoms with Gasteiger partial charge in [-0.2, -0.15) is 0 Å². The van der Waals surface area contributed by atoms with Crippen molar-refractivity contribution in [1.29, 1.82) is 0 Å². The predicted molar refractivity (Wildman–Crippen MR) is 70.9 cm³/mol. The number of hydrogen-bond donors (Lipinski definition) is 2. The summed E-state index contributed by atoms with van der Waals surface area (Å²) >= 11 is 3.69. The summed E-state index contributed by atoms with van der Waals surface area (Å²) in [6.45, 7) is 0.526. The number of carbonyl (C=O) groups excluding carboxylic acids is 1. The summed E-state index contributed by atoms with van der Waals surface area (Å²) in [7, 11) is 0. The molecule has 0 radical (unpaired) electrons. The van der Waals surface area contributed by atoms with Gasteiger partial charge in [0.05, 0.1) is 8.45 Å². The van der Waals surface area contributed by atoms with Crippen LogP contribution in [0.2, 0.25) is 0 Å². The number of carbonyl (C=O) groups is 2. The lowest BCUT2D eigenvalue weighted by Crippen LogP contribution is -2.24. The highest BCUT2D eigenvalue weighted by molar-refractivity contribution is 14.1. The molecule has 0 saturated heterocycles. The van der Waals surface area contributed by atoms with Crippen molar-refractivity contribution in [2.75, 3.05) is 6.54 Å². The molecule has 1 aromatic rings. The highest BCUT2D eigenvalue weighted by Gasteiger charge is 2.06. The Morgan fingerprint density at radius 2 is 2.19 bits per heavy atom. The third kappa shape index (κ3) is 4.93. The van der Waals surface area contributed by atoms with Gasteiger partial charge in [0.15, 0.2) is 0 Å². The summed E-state index contributed by atoms with van der Waals surface area (Å²) in [5, 5.41) is 13.0. The minimum atomic E-state index is -0.793. The quantitative estimate of drug-likeness (QED) is 0.610. The van der Waals surface area contributed by atoms with Gasteiger partial charge >= 0.3 is 5.97 Å². The number of rotatable bonds is 6. The topological polar surface area (TPSA) is 66.4 Å². The van der Waals surface area contributed by atoms with Crippen LogP contribution in [-0.2, 0) is 4.79 Å². The molecule has 0 aliphatic carbocycles. The van der Waals surface area contributed by atoms with Crippen LogP contribution in [-0.4, -0.2) is 23.5 Å². The molecule has 0 bridgehead atoms. The van der Waals surface area contributed by atoms with Gasteiger partial charge < -0.3 is 10.4 Å². The maximum Gasteiger partial charge on any atom is 0.303 e. The van der Waals surface area contributed by atoms with Crippen LogP contribution in [0.5, 0.6) is 0 Å². The van der Waals surface area contributed by atoms with E-state index in [9.17, 15) is 9.59 Å². The van der Waals surface area contributed by atoms with E-state index in [1.54, 1.807) is 0 Å². The second kappa shape index (κ2) is 6.85. The number of unbranched alkanes of at least 4 members (excludes halogenated alkanes) is 1. The van der Waals surface area contributed by atoms with E-state index in [2.05, 4.69) is 27.9 Å². The minimum absolute atomic E-state index is 0.0884. The minimum Gasteiger partial charge on any atom is -0.481 e. The Morgan fingerprint density at radius 3 is 2.75 bits per heavy atom. The number of aliphatic carboxylic acids is 1. The zero-order valence-corrected chi connectivity index (χ0v) is 11.5. The normalized spacial score (nSPS) is 10.1. The number of halogens is 1. The van der Waals surface area contributed by atoms with Gasteiger partial charge in [-0.3, -0.25) is 9.59 Å². The summed E-state index contributed by atoms with van der Waals surface area (Å²) in [6.07, 6.45) is 1.45. The van der Waals surface area contributed by atoms with Crippen molar-refractivity contribution in [2.24, 2.45) is 0 Å². The summed E-state index contributed by atoms with van der Waals surface area (Å²) < 4.78 is 1.08. The molecule has 4 nitrogen and oxygen atoms in total. The Hall–Kier alpha value is -0.630. The van der Waals surface area contributed by atoms with Crippen LogP contribution in [0.4, 0.5) is 0 Å². The molecule has 1 aromatic heterocycles. The molecular formula is C10H12INO3S. The molecule has 0 aliphatic heterocycles. The van der Waals surface area contributed by atoms with Crippen molar-refractivity contribution in [3.05, 3.63) is 19.9 Å². The number of carboxylic acids is 1. The Bertz CT molecular complexity index is 378. The van der Waals surface area contributed by atoms with E-state index in [0.717, 1.165) is 2.88 Å². The average Bonchev–Trinajstić information content (AvgIpc) is 2.63. The first-order valence-electron chi connectivity index (χ1n) is 4.83. The molecule has 0 unspecified atom stereocenters. The highest BCUT2D eigenvalue weighted by atomic mass is 127. The first kappa shape index (κ1) is 13.4. The van der Waals surface area contributed by atoms with Gasteiger partial charge in [0.2, 0.25) is 0 Å². The summed E-state index contributed by atoms with van der Waals surface area (Å²) in [6, 6.07) is 1.83. The molecule has 1 heterocycles. The molecule has 88 valence electrons. The standard InChI is InChI=1S/C10H12INO3S/c11-8-5-7(6-16-8)10(15)12-4-2-1-3-9(13)14/h5-6H,1-4H2,(H,12,15)(H,13,14). The van der Waals surface area contributed by atoms with Crippen LogP contribution in [0.15, 0.2) is 11.4 Å². The van der Waals surface area contributed by atoms with Crippen molar-refractivity contribution < 1.29 is 14.7 Å². The summed E-state index contributed by atoms with van der Waals surface area (Å²) in [5.74, 6) is -0.881. The first-order valence-corrected chi connectivity index (χ1v) is 6.79. The monoisotopic (exact) mass is 353 g/mol. The van der Waals surface area contributed by atoms with Crippen molar-refractivity contribution in [1.82, 2.24) is 5.32 Å². The van der Waals surface area contributed by atoms with E-state index in [1.807, 2.05) is 11.4 Å². The maximum absolute atomic E-state index is 11.5. The van der Waals surface area contributed by atoms with E-state index in [-0.39, 0.29) is 12.3 Å². The van der Waals surface area contributed by atoms with Crippen molar-refractivity contribution >= 4 is 45.8 Å². The fourth-order valence-corrected chi connectivity index (χ4v) is 2.46. The van der Waals surface area contributed by atoms with Crippen LogP contribution in [0, 0.1) is 2.88 Å². The Labute approximate surface area is 111 Å². The van der Waals surface area contributed by atoms with Crippen molar-refractivity contribution in [2.45, 2.75) is 19.3 Å². The number of hydrogen-bond acceptors (Lipinski definition) is 3. The van der Waals surface area contributed by atoms with Crippen LogP contribution < -0.4 is 5.32 Å². The lowest BCUT2D eigenvalue weighted by atomic mass is 10.2. The van der Waals surface area contributed by atoms with E-state index in [0.29, 0.717) is 24.9 Å². The van der Waals surface area contributed by atoms with Crippen LogP contribution in [0.3, 0.4) is 0 Å². The SMILES string of the molecule is O=C(O)CCCCNC(=O)c1csc(I)c1. The molecule has 0 aromatic carbocycles. The van der Waals surface area contributed by atoms with Gasteiger partial charge in [0.25, 0.3) is 5.91 Å². The fourth-order valence-electron chi connectivity index (χ4n) is 1.13. The molecule has 0 fully saturated rings. The van der Waals surface area contributed by atoms with Gasteiger partial charge in [0.1, 0.15) is 0 Å². The lowest BCUT2D eigenvalue weighted by Gasteiger charge is -2.02. The predicted octanol–water partition coefficient (Wildman–Crippen LogP) is 2.34. The van der Waals surface area contributed by atoms with Gasteiger partial charge in [-0.05, 0) is 41.5 Å². The fraction of sp³-hybridized carbons (Fsp3) is 0.400. The second-order valence-corrected chi connectivity index (χ2v) is 6.05. The zero-order valence-electron chi connectivity index (χ0n) is 8.53. The summed E-state index contributed by atoms with van der Waals surface area (Å²) in [5.41, 5.74) is 0.674. The van der Waals surface area contributed by atoms with Gasteiger partial charge in [-0.1, -0.05) is 0 Å². The van der Waals surface area contributed by atoms with E-state index < -0.39 is 5.97 Å². The highest BCUT2D eigenvalue weighted by Crippen LogP contribution is 2.16. The van der Waals surface area contributed by atoms with Crippen molar-refractivity contribution in [3.8, 4) is 0 Å². The molecule has 0 aliphatic rings. The van der Waals surface area contributed by atoms with Crippen LogP contribution in [0.25, 0.3) is 0 Å². The smallest absolute Gasteiger partial charge is 0.303 e. The molecule has 2 N–H and O–H groups in total. The summed E-state index contributed by atoms with van der Waals surface area (Å²) in [4.78, 5) is 21.8. The lowest BCUT2D eigenvalue weighted by molar-refractivity contribution is -0.137.